The van der Waals surface area contributed by atoms with Gasteiger partial charge in [-0.2, -0.15) is 0 Å². The normalized spacial score (nSPS) is 12.9. The van der Waals surface area contributed by atoms with Gasteiger partial charge in [0.05, 0.1) is 0 Å². The predicted molar refractivity (Wildman–Crippen MR) is 40.4 cm³/mol. The van der Waals surface area contributed by atoms with Gasteiger partial charge in [-0.05, 0) is 19.2 Å². The zero-order valence-electron chi connectivity index (χ0n) is 5.67. The van der Waals surface area contributed by atoms with Crippen LogP contribution < -0.4 is 11.5 Å². The Labute approximate surface area is 55.4 Å². The maximum atomic E-state index is 5.31. The fraction of sp³-hybridized carbons (Fsp3) is 0.500. The summed E-state index contributed by atoms with van der Waals surface area (Å²) in [5.41, 5.74) is 11.3. The van der Waals surface area contributed by atoms with Crippen LogP contribution in [0.2, 0.25) is 0 Å². The summed E-state index contributed by atoms with van der Waals surface area (Å²) in [6.45, 7) is 3.18. The maximum Gasteiger partial charge on any atom is 0.0498 e. The second kappa shape index (κ2) is 5.31. The van der Waals surface area contributed by atoms with E-state index >= 15 is 0 Å². The van der Waals surface area contributed by atoms with Crippen LogP contribution in [0.3, 0.4) is 0 Å². The average molecular weight is 127 g/mol. The molecule has 0 aromatic rings. The highest BCUT2D eigenvalue weighted by atomic mass is 14.7. The first kappa shape index (κ1) is 8.17. The Morgan fingerprint density at radius 3 is 2.67 bits per heavy atom. The monoisotopic (exact) mass is 127 g/mol. The van der Waals surface area contributed by atoms with Crippen molar-refractivity contribution in [2.24, 2.45) is 16.5 Å². The molecule has 0 saturated heterocycles. The van der Waals surface area contributed by atoms with E-state index in [9.17, 15) is 0 Å². The molecule has 0 rings (SSSR count). The van der Waals surface area contributed by atoms with Crippen LogP contribution in [-0.4, -0.2) is 18.8 Å². The molecule has 0 atom stereocenters. The van der Waals surface area contributed by atoms with Gasteiger partial charge in [0.25, 0.3) is 0 Å². The van der Waals surface area contributed by atoms with Crippen LogP contribution in [0.15, 0.2) is 17.3 Å². The van der Waals surface area contributed by atoms with Crippen LogP contribution in [0, 0.1) is 0 Å². The van der Waals surface area contributed by atoms with Gasteiger partial charge in [0.2, 0.25) is 0 Å². The summed E-state index contributed by atoms with van der Waals surface area (Å²) in [5, 5.41) is 0. The highest BCUT2D eigenvalue weighted by Crippen LogP contribution is 1.77. The fourth-order valence-corrected chi connectivity index (χ4v) is 0.499. The zero-order valence-corrected chi connectivity index (χ0v) is 5.67. The third kappa shape index (κ3) is 3.73. The third-order valence-electron chi connectivity index (χ3n) is 0.859. The van der Waals surface area contributed by atoms with Gasteiger partial charge in [0.1, 0.15) is 0 Å². The van der Waals surface area contributed by atoms with Crippen LogP contribution in [0.25, 0.3) is 0 Å². The van der Waals surface area contributed by atoms with Crippen molar-refractivity contribution in [3.05, 3.63) is 12.3 Å². The minimum absolute atomic E-state index is 0.460. The van der Waals surface area contributed by atoms with Crippen molar-refractivity contribution < 1.29 is 0 Å². The van der Waals surface area contributed by atoms with Crippen molar-refractivity contribution in [1.82, 2.24) is 0 Å². The first-order valence-electron chi connectivity index (χ1n) is 2.96. The molecule has 0 radical (unpaired) electrons. The molecule has 4 N–H and O–H groups in total. The van der Waals surface area contributed by atoms with Gasteiger partial charge in [0, 0.05) is 18.8 Å². The topological polar surface area (TPSA) is 64.4 Å². The third-order valence-corrected chi connectivity index (χ3v) is 0.859. The Morgan fingerprint density at radius 1 is 1.67 bits per heavy atom. The van der Waals surface area contributed by atoms with E-state index in [1.165, 1.54) is 6.20 Å². The summed E-state index contributed by atoms with van der Waals surface area (Å²) in [6, 6.07) is 0. The number of hydrogen-bond acceptors (Lipinski definition) is 3. The first-order chi connectivity index (χ1) is 4.35. The van der Waals surface area contributed by atoms with E-state index in [2.05, 4.69) is 4.99 Å². The summed E-state index contributed by atoms with van der Waals surface area (Å²) in [5.74, 6) is 0. The molecule has 0 unspecified atom stereocenters. The van der Waals surface area contributed by atoms with E-state index in [0.29, 0.717) is 6.54 Å². The molecular formula is C6H13N3. The number of rotatable bonds is 3. The Hall–Kier alpha value is -0.830. The van der Waals surface area contributed by atoms with Crippen LogP contribution in [-0.2, 0) is 0 Å². The summed E-state index contributed by atoms with van der Waals surface area (Å²) >= 11 is 0. The lowest BCUT2D eigenvalue weighted by atomic mass is 10.3. The summed E-state index contributed by atoms with van der Waals surface area (Å²) in [7, 11) is 0. The molecule has 0 spiro atoms. The standard InChI is InChI=1S/C6H13N3/c1-2-9-6(5-8)3-4-7/h3-4H,2,5,7-8H2,1H3. The van der Waals surface area contributed by atoms with Crippen molar-refractivity contribution >= 4 is 5.71 Å². The Bertz CT molecular complexity index is 115. The molecule has 0 aromatic heterocycles. The fourth-order valence-electron chi connectivity index (χ4n) is 0.499. The molecule has 0 aliphatic rings. The van der Waals surface area contributed by atoms with Gasteiger partial charge in [-0.15, -0.1) is 0 Å². The Balaban J connectivity index is 3.81. The van der Waals surface area contributed by atoms with E-state index in [-0.39, 0.29) is 0 Å². The van der Waals surface area contributed by atoms with Crippen LogP contribution in [0.1, 0.15) is 6.92 Å². The highest BCUT2D eigenvalue weighted by molar-refractivity contribution is 5.96. The van der Waals surface area contributed by atoms with E-state index in [0.717, 1.165) is 12.3 Å². The molecule has 52 valence electrons. The van der Waals surface area contributed by atoms with Gasteiger partial charge in [-0.25, -0.2) is 0 Å². The summed E-state index contributed by atoms with van der Waals surface area (Å²) in [4.78, 5) is 4.06. The maximum absolute atomic E-state index is 5.31. The van der Waals surface area contributed by atoms with Crippen LogP contribution in [0.5, 0.6) is 0 Å². The van der Waals surface area contributed by atoms with Crippen molar-refractivity contribution in [3.8, 4) is 0 Å². The van der Waals surface area contributed by atoms with Gasteiger partial charge in [0.15, 0.2) is 0 Å². The molecule has 0 fully saturated rings. The molecule has 3 nitrogen and oxygen atoms in total. The van der Waals surface area contributed by atoms with Crippen molar-refractivity contribution in [2.75, 3.05) is 13.1 Å². The van der Waals surface area contributed by atoms with Gasteiger partial charge in [-0.3, -0.25) is 4.99 Å². The van der Waals surface area contributed by atoms with Gasteiger partial charge < -0.3 is 11.5 Å². The summed E-state index contributed by atoms with van der Waals surface area (Å²) < 4.78 is 0. The van der Waals surface area contributed by atoms with Crippen molar-refractivity contribution in [3.63, 3.8) is 0 Å². The molecule has 0 heterocycles. The lowest BCUT2D eigenvalue weighted by molar-refractivity contribution is 1.11. The molecule has 9 heavy (non-hydrogen) atoms. The Kier molecular flexibility index (Phi) is 4.82. The van der Waals surface area contributed by atoms with E-state index in [1.54, 1.807) is 6.08 Å². The molecule has 0 aromatic carbocycles. The average Bonchev–Trinajstić information content (AvgIpc) is 1.88. The summed E-state index contributed by atoms with van der Waals surface area (Å²) in [6.07, 6.45) is 3.16. The number of hydrogen-bond donors (Lipinski definition) is 2. The van der Waals surface area contributed by atoms with Gasteiger partial charge in [-0.1, -0.05) is 0 Å². The van der Waals surface area contributed by atoms with Crippen molar-refractivity contribution in [2.45, 2.75) is 6.92 Å². The van der Waals surface area contributed by atoms with E-state index in [4.69, 9.17) is 11.5 Å². The van der Waals surface area contributed by atoms with Crippen LogP contribution >= 0.6 is 0 Å². The van der Waals surface area contributed by atoms with E-state index < -0.39 is 0 Å². The first-order valence-corrected chi connectivity index (χ1v) is 2.96. The molecule has 0 aliphatic heterocycles. The van der Waals surface area contributed by atoms with E-state index in [1.807, 2.05) is 6.92 Å². The minimum Gasteiger partial charge on any atom is -0.405 e. The van der Waals surface area contributed by atoms with Gasteiger partial charge >= 0.3 is 0 Å². The lowest BCUT2D eigenvalue weighted by Crippen LogP contribution is -2.11. The largest absolute Gasteiger partial charge is 0.405 e. The van der Waals surface area contributed by atoms with Crippen LogP contribution in [0.4, 0.5) is 0 Å². The quantitative estimate of drug-likeness (QED) is 0.519. The molecule has 0 aliphatic carbocycles. The van der Waals surface area contributed by atoms with Crippen molar-refractivity contribution in [1.29, 1.82) is 0 Å². The minimum atomic E-state index is 0.460. The number of nitrogens with two attached hydrogens (primary N) is 2. The second-order valence-corrected chi connectivity index (χ2v) is 1.53. The molecule has 0 saturated carbocycles. The molecule has 3 heteroatoms. The number of aliphatic imine (C=N–C) groups is 1. The predicted octanol–water partition coefficient (Wildman–Crippen LogP) is -0.122. The number of nitrogens with zero attached hydrogens (tertiary/aromatic N) is 1. The molecule has 0 bridgehead atoms. The SMILES string of the molecule is CCN=C(C=CN)CN. The second-order valence-electron chi connectivity index (χ2n) is 1.53. The molecule has 0 amide bonds. The zero-order chi connectivity index (χ0) is 7.11. The Morgan fingerprint density at radius 2 is 2.33 bits per heavy atom. The highest BCUT2D eigenvalue weighted by Gasteiger charge is 1.84. The molecular weight excluding hydrogens is 114 g/mol. The smallest absolute Gasteiger partial charge is 0.0498 e. The lowest BCUT2D eigenvalue weighted by Gasteiger charge is -1.92.